The molecular weight excluding hydrogens is 108 g/mol. The van der Waals surface area contributed by atoms with Crippen LogP contribution in [0.25, 0.3) is 0 Å². The molecule has 0 aromatic heterocycles. The fourth-order valence-corrected chi connectivity index (χ4v) is 1.14. The number of rotatable bonds is 0. The van der Waals surface area contributed by atoms with Crippen LogP contribution in [0.3, 0.4) is 0 Å². The molecule has 0 aliphatic heterocycles. The van der Waals surface area contributed by atoms with E-state index >= 15 is 0 Å². The molecule has 0 saturated carbocycles. The highest BCUT2D eigenvalue weighted by atomic mass is 14.1. The number of hydrogen-bond acceptors (Lipinski definition) is 0. The summed E-state index contributed by atoms with van der Waals surface area (Å²) >= 11 is 0. The van der Waals surface area contributed by atoms with Crippen molar-refractivity contribution >= 4 is 0 Å². The fourth-order valence-electron chi connectivity index (χ4n) is 1.14. The quantitative estimate of drug-likeness (QED) is 0.433. The van der Waals surface area contributed by atoms with Gasteiger partial charge in [-0.15, -0.1) is 0 Å². The summed E-state index contributed by atoms with van der Waals surface area (Å²) in [6.07, 6.45) is 5.75. The van der Waals surface area contributed by atoms with Crippen molar-refractivity contribution < 1.29 is 0 Å². The van der Waals surface area contributed by atoms with E-state index in [4.69, 9.17) is 0 Å². The molecule has 0 N–H and O–H groups in total. The highest BCUT2D eigenvalue weighted by Crippen LogP contribution is 2.23. The molecule has 9 heavy (non-hydrogen) atoms. The Morgan fingerprint density at radius 3 is 2.00 bits per heavy atom. The predicted molar refractivity (Wildman–Crippen MR) is 41.3 cm³/mol. The van der Waals surface area contributed by atoms with E-state index in [2.05, 4.69) is 32.9 Å². The lowest BCUT2D eigenvalue weighted by molar-refractivity contribution is 0.774. The number of allylic oxidation sites excluding steroid dienone is 4. The maximum Gasteiger partial charge on any atom is -0.00268 e. The lowest BCUT2D eigenvalue weighted by Gasteiger charge is -2.16. The molecule has 0 amide bonds. The second-order valence-electron chi connectivity index (χ2n) is 2.85. The lowest BCUT2D eigenvalue weighted by atomic mass is 9.90. The van der Waals surface area contributed by atoms with Crippen LogP contribution in [0.5, 0.6) is 0 Å². The van der Waals surface area contributed by atoms with Crippen LogP contribution in [-0.4, -0.2) is 0 Å². The second kappa shape index (κ2) is 2.38. The maximum absolute atomic E-state index is 2.30. The van der Waals surface area contributed by atoms with Crippen LogP contribution in [0.15, 0.2) is 23.3 Å². The van der Waals surface area contributed by atoms with Crippen LogP contribution < -0.4 is 0 Å². The van der Waals surface area contributed by atoms with Crippen LogP contribution in [0.4, 0.5) is 0 Å². The third kappa shape index (κ3) is 1.24. The van der Waals surface area contributed by atoms with Crippen molar-refractivity contribution in [1.29, 1.82) is 0 Å². The maximum atomic E-state index is 2.30. The summed E-state index contributed by atoms with van der Waals surface area (Å²) in [5.41, 5.74) is 3.05. The Morgan fingerprint density at radius 2 is 1.67 bits per heavy atom. The van der Waals surface area contributed by atoms with Gasteiger partial charge in [-0.25, -0.2) is 0 Å². The zero-order valence-corrected chi connectivity index (χ0v) is 6.44. The Hall–Kier alpha value is -0.520. The first-order valence-electron chi connectivity index (χ1n) is 3.55. The van der Waals surface area contributed by atoms with Gasteiger partial charge in [-0.05, 0) is 26.2 Å². The van der Waals surface area contributed by atoms with Crippen LogP contribution in [-0.2, 0) is 0 Å². The monoisotopic (exact) mass is 122 g/mol. The minimum Gasteiger partial charge on any atom is -0.0812 e. The molecular formula is C9H14. The van der Waals surface area contributed by atoms with Gasteiger partial charge in [0, 0.05) is 0 Å². The molecule has 0 aromatic rings. The summed E-state index contributed by atoms with van der Waals surface area (Å²) in [6.45, 7) is 6.68. The van der Waals surface area contributed by atoms with Crippen LogP contribution in [0, 0.1) is 5.92 Å². The second-order valence-corrected chi connectivity index (χ2v) is 2.85. The third-order valence-corrected chi connectivity index (χ3v) is 2.25. The summed E-state index contributed by atoms with van der Waals surface area (Å²) in [5, 5.41) is 0. The number of hydrogen-bond donors (Lipinski definition) is 0. The minimum atomic E-state index is 0.693. The van der Waals surface area contributed by atoms with Gasteiger partial charge in [0.2, 0.25) is 0 Å². The largest absolute Gasteiger partial charge is 0.0812 e. The topological polar surface area (TPSA) is 0 Å². The van der Waals surface area contributed by atoms with E-state index in [0.717, 1.165) is 6.42 Å². The van der Waals surface area contributed by atoms with Crippen molar-refractivity contribution in [3.8, 4) is 0 Å². The molecule has 1 aliphatic carbocycles. The van der Waals surface area contributed by atoms with E-state index in [1.165, 1.54) is 11.1 Å². The smallest absolute Gasteiger partial charge is 0.00268 e. The average molecular weight is 122 g/mol. The predicted octanol–water partition coefficient (Wildman–Crippen LogP) is 2.92. The van der Waals surface area contributed by atoms with E-state index in [1.54, 1.807) is 0 Å². The lowest BCUT2D eigenvalue weighted by Crippen LogP contribution is -2.01. The normalized spacial score (nSPS) is 21.2. The summed E-state index contributed by atoms with van der Waals surface area (Å²) < 4.78 is 0. The van der Waals surface area contributed by atoms with E-state index < -0.39 is 0 Å². The molecule has 50 valence electrons. The first kappa shape index (κ1) is 6.60. The van der Waals surface area contributed by atoms with Crippen molar-refractivity contribution in [2.24, 2.45) is 5.92 Å². The molecule has 0 nitrogen and oxygen atoms in total. The standard InChI is InChI=1S/C9H14/c1-7-5-4-6-8(2)9(7)3/h5-6,9H,4H2,1-3H3. The van der Waals surface area contributed by atoms with Crippen molar-refractivity contribution in [2.75, 3.05) is 0 Å². The van der Waals surface area contributed by atoms with Crippen molar-refractivity contribution in [1.82, 2.24) is 0 Å². The zero-order valence-electron chi connectivity index (χ0n) is 6.44. The summed E-state index contributed by atoms with van der Waals surface area (Å²) in [6, 6.07) is 0. The Bertz CT molecular complexity index is 143. The molecule has 0 radical (unpaired) electrons. The van der Waals surface area contributed by atoms with E-state index in [1.807, 2.05) is 0 Å². The van der Waals surface area contributed by atoms with Gasteiger partial charge in [0.1, 0.15) is 0 Å². The molecule has 0 unspecified atom stereocenters. The highest BCUT2D eigenvalue weighted by molar-refractivity contribution is 5.23. The first-order valence-corrected chi connectivity index (χ1v) is 3.55. The minimum absolute atomic E-state index is 0.693. The molecule has 0 atom stereocenters. The van der Waals surface area contributed by atoms with Crippen LogP contribution in [0.1, 0.15) is 27.2 Å². The first-order chi connectivity index (χ1) is 4.22. The Morgan fingerprint density at radius 1 is 1.22 bits per heavy atom. The summed E-state index contributed by atoms with van der Waals surface area (Å²) in [4.78, 5) is 0. The molecule has 0 heterocycles. The molecule has 1 aliphatic rings. The van der Waals surface area contributed by atoms with Gasteiger partial charge in [0.05, 0.1) is 0 Å². The molecule has 0 aromatic carbocycles. The van der Waals surface area contributed by atoms with Gasteiger partial charge in [-0.2, -0.15) is 0 Å². The van der Waals surface area contributed by atoms with Crippen molar-refractivity contribution in [3.05, 3.63) is 23.3 Å². The Labute approximate surface area is 57.3 Å². The van der Waals surface area contributed by atoms with Gasteiger partial charge < -0.3 is 0 Å². The van der Waals surface area contributed by atoms with Gasteiger partial charge in [0.25, 0.3) is 0 Å². The van der Waals surface area contributed by atoms with Crippen molar-refractivity contribution in [3.63, 3.8) is 0 Å². The van der Waals surface area contributed by atoms with Crippen LogP contribution in [0.2, 0.25) is 0 Å². The Balaban J connectivity index is 2.74. The third-order valence-electron chi connectivity index (χ3n) is 2.25. The van der Waals surface area contributed by atoms with Crippen molar-refractivity contribution in [2.45, 2.75) is 27.2 Å². The van der Waals surface area contributed by atoms with Gasteiger partial charge in [-0.1, -0.05) is 30.2 Å². The van der Waals surface area contributed by atoms with Crippen LogP contribution >= 0.6 is 0 Å². The van der Waals surface area contributed by atoms with E-state index in [0.29, 0.717) is 5.92 Å². The SMILES string of the molecule is CC1=CCC=C(C)C1C. The molecule has 0 bridgehead atoms. The summed E-state index contributed by atoms with van der Waals surface area (Å²) in [7, 11) is 0. The molecule has 1 rings (SSSR count). The molecule has 0 heteroatoms. The van der Waals surface area contributed by atoms with E-state index in [-0.39, 0.29) is 0 Å². The fraction of sp³-hybridized carbons (Fsp3) is 0.556. The summed E-state index contributed by atoms with van der Waals surface area (Å²) in [5.74, 6) is 0.693. The molecule has 0 spiro atoms. The molecule has 0 saturated heterocycles. The Kier molecular flexibility index (Phi) is 1.75. The van der Waals surface area contributed by atoms with Gasteiger partial charge in [0.15, 0.2) is 0 Å². The molecule has 0 fully saturated rings. The van der Waals surface area contributed by atoms with Gasteiger partial charge in [-0.3, -0.25) is 0 Å². The highest BCUT2D eigenvalue weighted by Gasteiger charge is 2.07. The zero-order chi connectivity index (χ0) is 6.85. The average Bonchev–Trinajstić information content (AvgIpc) is 1.83. The van der Waals surface area contributed by atoms with E-state index in [9.17, 15) is 0 Å². The van der Waals surface area contributed by atoms with Gasteiger partial charge >= 0.3 is 0 Å².